The Morgan fingerprint density at radius 2 is 1.89 bits per heavy atom. The molecule has 1 saturated heterocycles. The number of hydrogen-bond donors (Lipinski definition) is 0. The van der Waals surface area contributed by atoms with Crippen LogP contribution in [0.5, 0.6) is 0 Å². The van der Waals surface area contributed by atoms with E-state index in [-0.39, 0.29) is 11.4 Å². The van der Waals surface area contributed by atoms with Gasteiger partial charge in [-0.15, -0.1) is 0 Å². The van der Waals surface area contributed by atoms with Gasteiger partial charge in [-0.1, -0.05) is 19.9 Å². The Hall–Kier alpha value is -0.870. The molecule has 1 aliphatic heterocycles. The van der Waals surface area contributed by atoms with Gasteiger partial charge in [0, 0.05) is 12.0 Å². The van der Waals surface area contributed by atoms with Crippen LogP contribution in [0, 0.1) is 17.3 Å². The van der Waals surface area contributed by atoms with E-state index in [4.69, 9.17) is 9.47 Å². The minimum Gasteiger partial charge on any atom is -0.466 e. The van der Waals surface area contributed by atoms with Crippen LogP contribution in [0.25, 0.3) is 0 Å². The van der Waals surface area contributed by atoms with Crippen LogP contribution < -0.4 is 0 Å². The maximum absolute atomic E-state index is 11.1. The van der Waals surface area contributed by atoms with Crippen molar-refractivity contribution in [1.82, 2.24) is 0 Å². The minimum absolute atomic E-state index is 0.0730. The lowest BCUT2D eigenvalue weighted by atomic mass is 9.52. The van der Waals surface area contributed by atoms with Crippen LogP contribution in [-0.2, 0) is 19.0 Å². The fourth-order valence-corrected chi connectivity index (χ4v) is 3.17. The molecule has 2 aliphatic rings. The van der Waals surface area contributed by atoms with Crippen molar-refractivity contribution >= 4 is 5.97 Å². The molecule has 2 atom stereocenters. The molecule has 0 spiro atoms. The molecule has 0 unspecified atom stereocenters. The summed E-state index contributed by atoms with van der Waals surface area (Å²) in [5, 5.41) is 0. The van der Waals surface area contributed by atoms with Crippen molar-refractivity contribution in [1.29, 1.82) is 0 Å². The van der Waals surface area contributed by atoms with Gasteiger partial charge in [0.2, 0.25) is 0 Å². The van der Waals surface area contributed by atoms with Crippen LogP contribution in [0.15, 0.2) is 12.2 Å². The topological polar surface area (TPSA) is 44.8 Å². The van der Waals surface area contributed by atoms with E-state index in [1.807, 2.05) is 13.0 Å². The minimum atomic E-state index is -0.459. The summed E-state index contributed by atoms with van der Waals surface area (Å²) in [6.07, 6.45) is 4.44. The standard InChI is InChI=1S/C14H22O4/c1-13(2)10(5-6-12(15)16-4)9-11(13)14(3)17-7-8-18-14/h5-6,10-11H,7-9H2,1-4H3/b6-5-/t10-,11+/m0/s1. The normalized spacial score (nSPS) is 33.3. The number of methoxy groups -OCH3 is 1. The number of carbonyl (C=O) groups is 1. The molecule has 0 N–H and O–H groups in total. The Labute approximate surface area is 108 Å². The van der Waals surface area contributed by atoms with Crippen LogP contribution in [0.4, 0.5) is 0 Å². The highest BCUT2D eigenvalue weighted by atomic mass is 16.7. The molecule has 102 valence electrons. The van der Waals surface area contributed by atoms with Gasteiger partial charge < -0.3 is 14.2 Å². The molecule has 0 aromatic carbocycles. The molecular weight excluding hydrogens is 232 g/mol. The van der Waals surface area contributed by atoms with E-state index in [2.05, 4.69) is 18.6 Å². The maximum atomic E-state index is 11.1. The zero-order chi connectivity index (χ0) is 13.4. The predicted molar refractivity (Wildman–Crippen MR) is 66.8 cm³/mol. The summed E-state index contributed by atoms with van der Waals surface area (Å²) in [4.78, 5) is 11.1. The van der Waals surface area contributed by atoms with E-state index >= 15 is 0 Å². The summed E-state index contributed by atoms with van der Waals surface area (Å²) in [6, 6.07) is 0. The molecule has 4 heteroatoms. The lowest BCUT2D eigenvalue weighted by Gasteiger charge is -2.56. The van der Waals surface area contributed by atoms with Gasteiger partial charge in [0.15, 0.2) is 5.79 Å². The summed E-state index contributed by atoms with van der Waals surface area (Å²) in [7, 11) is 1.39. The van der Waals surface area contributed by atoms with Crippen molar-refractivity contribution in [3.63, 3.8) is 0 Å². The zero-order valence-corrected chi connectivity index (χ0v) is 11.6. The van der Waals surface area contributed by atoms with Crippen LogP contribution in [0.2, 0.25) is 0 Å². The van der Waals surface area contributed by atoms with E-state index in [0.717, 1.165) is 6.42 Å². The van der Waals surface area contributed by atoms with Crippen molar-refractivity contribution in [2.24, 2.45) is 17.3 Å². The first-order valence-electron chi connectivity index (χ1n) is 6.44. The summed E-state index contributed by atoms with van der Waals surface area (Å²) in [5.74, 6) is -0.0288. The Morgan fingerprint density at radius 1 is 1.28 bits per heavy atom. The number of ether oxygens (including phenoxy) is 3. The monoisotopic (exact) mass is 254 g/mol. The van der Waals surface area contributed by atoms with Crippen LogP contribution in [0.3, 0.4) is 0 Å². The Bertz CT molecular complexity index is 353. The highest BCUT2D eigenvalue weighted by molar-refractivity contribution is 5.81. The number of hydrogen-bond acceptors (Lipinski definition) is 4. The first-order valence-corrected chi connectivity index (χ1v) is 6.44. The smallest absolute Gasteiger partial charge is 0.330 e. The summed E-state index contributed by atoms with van der Waals surface area (Å²) < 4.78 is 16.1. The number of allylic oxidation sites excluding steroid dienone is 1. The fraction of sp³-hybridized carbons (Fsp3) is 0.786. The molecule has 18 heavy (non-hydrogen) atoms. The molecule has 0 aromatic heterocycles. The third-order valence-corrected chi connectivity index (χ3v) is 4.50. The summed E-state index contributed by atoms with van der Waals surface area (Å²) in [6.45, 7) is 7.76. The molecule has 2 rings (SSSR count). The van der Waals surface area contributed by atoms with Crippen molar-refractivity contribution in [2.75, 3.05) is 20.3 Å². The van der Waals surface area contributed by atoms with E-state index in [9.17, 15) is 4.79 Å². The number of rotatable bonds is 3. The molecule has 1 saturated carbocycles. The molecule has 0 radical (unpaired) electrons. The lowest BCUT2D eigenvalue weighted by Crippen LogP contribution is -2.55. The highest BCUT2D eigenvalue weighted by Gasteiger charge is 2.57. The van der Waals surface area contributed by atoms with Crippen LogP contribution >= 0.6 is 0 Å². The molecular formula is C14H22O4. The van der Waals surface area contributed by atoms with E-state index < -0.39 is 5.79 Å². The van der Waals surface area contributed by atoms with Gasteiger partial charge in [0.05, 0.1) is 20.3 Å². The molecule has 1 aliphatic carbocycles. The van der Waals surface area contributed by atoms with Gasteiger partial charge in [0.25, 0.3) is 0 Å². The van der Waals surface area contributed by atoms with E-state index in [0.29, 0.717) is 25.0 Å². The average Bonchev–Trinajstić information content (AvgIpc) is 2.74. The van der Waals surface area contributed by atoms with Crippen molar-refractivity contribution in [3.8, 4) is 0 Å². The summed E-state index contributed by atoms with van der Waals surface area (Å²) >= 11 is 0. The lowest BCUT2D eigenvalue weighted by molar-refractivity contribution is -0.246. The van der Waals surface area contributed by atoms with Crippen molar-refractivity contribution in [3.05, 3.63) is 12.2 Å². The molecule has 0 amide bonds. The van der Waals surface area contributed by atoms with Gasteiger partial charge in [-0.3, -0.25) is 0 Å². The molecule has 4 nitrogen and oxygen atoms in total. The first-order chi connectivity index (χ1) is 8.40. The number of esters is 1. The Kier molecular flexibility index (Phi) is 3.52. The quantitative estimate of drug-likeness (QED) is 0.572. The molecule has 0 aromatic rings. The van der Waals surface area contributed by atoms with E-state index in [1.54, 1.807) is 0 Å². The van der Waals surface area contributed by atoms with Crippen LogP contribution in [-0.4, -0.2) is 32.1 Å². The van der Waals surface area contributed by atoms with Crippen LogP contribution in [0.1, 0.15) is 27.2 Å². The second-order valence-corrected chi connectivity index (χ2v) is 5.81. The van der Waals surface area contributed by atoms with Gasteiger partial charge in [0.1, 0.15) is 0 Å². The third kappa shape index (κ3) is 2.19. The third-order valence-electron chi connectivity index (χ3n) is 4.50. The molecule has 1 heterocycles. The maximum Gasteiger partial charge on any atom is 0.330 e. The zero-order valence-electron chi connectivity index (χ0n) is 11.6. The largest absolute Gasteiger partial charge is 0.466 e. The first kappa shape index (κ1) is 13.6. The second-order valence-electron chi connectivity index (χ2n) is 5.81. The Morgan fingerprint density at radius 3 is 2.39 bits per heavy atom. The van der Waals surface area contributed by atoms with Gasteiger partial charge in [-0.05, 0) is 24.7 Å². The summed E-state index contributed by atoms with van der Waals surface area (Å²) in [5.41, 5.74) is 0.0730. The highest BCUT2D eigenvalue weighted by Crippen LogP contribution is 2.58. The molecule has 2 fully saturated rings. The average molecular weight is 254 g/mol. The predicted octanol–water partition coefficient (Wildman–Crippen LogP) is 2.14. The van der Waals surface area contributed by atoms with Gasteiger partial charge in [-0.2, -0.15) is 0 Å². The van der Waals surface area contributed by atoms with Gasteiger partial charge in [-0.25, -0.2) is 4.79 Å². The Balaban J connectivity index is 2.00. The van der Waals surface area contributed by atoms with Gasteiger partial charge >= 0.3 is 5.97 Å². The second kappa shape index (κ2) is 4.67. The fourth-order valence-electron chi connectivity index (χ4n) is 3.17. The molecule has 0 bridgehead atoms. The van der Waals surface area contributed by atoms with Crippen molar-refractivity contribution in [2.45, 2.75) is 33.0 Å². The number of carbonyl (C=O) groups excluding carboxylic acids is 1. The SMILES string of the molecule is COC(=O)/C=C\[C@H]1C[C@@H](C2(C)OCCO2)C1(C)C. The van der Waals surface area contributed by atoms with Crippen molar-refractivity contribution < 1.29 is 19.0 Å². The van der Waals surface area contributed by atoms with E-state index in [1.165, 1.54) is 13.2 Å².